The molecule has 33 heavy (non-hydrogen) atoms. The third-order valence-corrected chi connectivity index (χ3v) is 5.74. The van der Waals surface area contributed by atoms with Crippen LogP contribution in [0.2, 0.25) is 0 Å². The van der Waals surface area contributed by atoms with Crippen molar-refractivity contribution in [2.24, 2.45) is 4.99 Å². The second kappa shape index (κ2) is 10.4. The molecule has 0 aromatic heterocycles. The van der Waals surface area contributed by atoms with E-state index in [1.165, 1.54) is 6.07 Å². The van der Waals surface area contributed by atoms with Crippen LogP contribution in [0.5, 0.6) is 0 Å². The van der Waals surface area contributed by atoms with Crippen LogP contribution in [0.15, 0.2) is 77.8 Å². The summed E-state index contributed by atoms with van der Waals surface area (Å²) in [6.07, 6.45) is 0. The van der Waals surface area contributed by atoms with Crippen molar-refractivity contribution >= 4 is 17.6 Å². The summed E-state index contributed by atoms with van der Waals surface area (Å²) >= 11 is 0. The lowest BCUT2D eigenvalue weighted by Gasteiger charge is -2.36. The Labute approximate surface area is 194 Å². The van der Waals surface area contributed by atoms with Gasteiger partial charge in [0.05, 0.1) is 5.69 Å². The SMILES string of the molecule is Cc1ccc(C(=O)NC(=Nc2cccc(C)c2)N2CCN(Cc3cccc(F)c3)CC2)cc1. The fraction of sp³-hybridized carbons (Fsp3) is 0.259. The molecule has 0 atom stereocenters. The van der Waals surface area contributed by atoms with Crippen molar-refractivity contribution in [3.8, 4) is 0 Å². The molecule has 1 aliphatic heterocycles. The molecule has 0 aliphatic carbocycles. The van der Waals surface area contributed by atoms with E-state index in [4.69, 9.17) is 4.99 Å². The van der Waals surface area contributed by atoms with Crippen molar-refractivity contribution in [3.05, 3.63) is 101 Å². The number of carbonyl (C=O) groups excluding carboxylic acids is 1. The molecule has 0 spiro atoms. The lowest BCUT2D eigenvalue weighted by Crippen LogP contribution is -2.53. The van der Waals surface area contributed by atoms with Gasteiger partial charge in [0, 0.05) is 38.3 Å². The number of aryl methyl sites for hydroxylation is 2. The maximum atomic E-state index is 13.5. The summed E-state index contributed by atoms with van der Waals surface area (Å²) in [5.74, 6) is 0.165. The maximum absolute atomic E-state index is 13.5. The first-order chi connectivity index (χ1) is 16.0. The van der Waals surface area contributed by atoms with Crippen LogP contribution < -0.4 is 5.32 Å². The van der Waals surface area contributed by atoms with E-state index in [1.54, 1.807) is 12.1 Å². The van der Waals surface area contributed by atoms with E-state index in [2.05, 4.69) is 15.1 Å². The Morgan fingerprint density at radius 3 is 2.33 bits per heavy atom. The third kappa shape index (κ3) is 6.26. The quantitative estimate of drug-likeness (QED) is 0.470. The second-order valence-corrected chi connectivity index (χ2v) is 8.49. The molecule has 1 saturated heterocycles. The van der Waals surface area contributed by atoms with Gasteiger partial charge in [-0.1, -0.05) is 42.0 Å². The van der Waals surface area contributed by atoms with E-state index in [1.807, 2.05) is 68.4 Å². The van der Waals surface area contributed by atoms with Crippen molar-refractivity contribution in [2.45, 2.75) is 20.4 Å². The molecule has 0 unspecified atom stereocenters. The van der Waals surface area contributed by atoms with E-state index in [-0.39, 0.29) is 11.7 Å². The number of nitrogens with one attached hydrogen (secondary N) is 1. The molecule has 1 heterocycles. The molecule has 170 valence electrons. The largest absolute Gasteiger partial charge is 0.340 e. The highest BCUT2D eigenvalue weighted by Crippen LogP contribution is 2.16. The first kappa shape index (κ1) is 22.7. The number of nitrogens with zero attached hydrogens (tertiary/aromatic N) is 3. The molecule has 6 heteroatoms. The van der Waals surface area contributed by atoms with Crippen LogP contribution >= 0.6 is 0 Å². The Morgan fingerprint density at radius 1 is 0.909 bits per heavy atom. The summed E-state index contributed by atoms with van der Waals surface area (Å²) < 4.78 is 13.5. The number of hydrogen-bond donors (Lipinski definition) is 1. The lowest BCUT2D eigenvalue weighted by molar-refractivity contribution is 0.0967. The number of guanidine groups is 1. The van der Waals surface area contributed by atoms with Crippen LogP contribution in [-0.2, 0) is 6.54 Å². The van der Waals surface area contributed by atoms with Gasteiger partial charge in [0.15, 0.2) is 0 Å². The van der Waals surface area contributed by atoms with Crippen molar-refractivity contribution in [3.63, 3.8) is 0 Å². The second-order valence-electron chi connectivity index (χ2n) is 8.49. The fourth-order valence-electron chi connectivity index (χ4n) is 3.89. The monoisotopic (exact) mass is 444 g/mol. The summed E-state index contributed by atoms with van der Waals surface area (Å²) in [5.41, 5.74) is 4.58. The molecule has 0 bridgehead atoms. The highest BCUT2D eigenvalue weighted by Gasteiger charge is 2.22. The molecule has 0 radical (unpaired) electrons. The smallest absolute Gasteiger partial charge is 0.257 e. The minimum absolute atomic E-state index is 0.177. The van der Waals surface area contributed by atoms with Gasteiger partial charge in [-0.15, -0.1) is 0 Å². The molecule has 3 aromatic rings. The molecular weight excluding hydrogens is 415 g/mol. The van der Waals surface area contributed by atoms with E-state index < -0.39 is 0 Å². The zero-order chi connectivity index (χ0) is 23.2. The van der Waals surface area contributed by atoms with Crippen LogP contribution in [0.3, 0.4) is 0 Å². The number of piperazine rings is 1. The minimum atomic E-state index is -0.211. The van der Waals surface area contributed by atoms with Gasteiger partial charge >= 0.3 is 0 Å². The summed E-state index contributed by atoms with van der Waals surface area (Å²) in [7, 11) is 0. The first-order valence-corrected chi connectivity index (χ1v) is 11.2. The Hall–Kier alpha value is -3.51. The highest BCUT2D eigenvalue weighted by molar-refractivity contribution is 6.06. The number of rotatable bonds is 4. The summed E-state index contributed by atoms with van der Waals surface area (Å²) in [4.78, 5) is 22.1. The van der Waals surface area contributed by atoms with Gasteiger partial charge in [-0.25, -0.2) is 9.38 Å². The number of benzene rings is 3. The Balaban J connectivity index is 1.48. The van der Waals surface area contributed by atoms with Gasteiger partial charge in [0.2, 0.25) is 5.96 Å². The van der Waals surface area contributed by atoms with E-state index >= 15 is 0 Å². The minimum Gasteiger partial charge on any atom is -0.340 e. The number of amides is 1. The zero-order valence-corrected chi connectivity index (χ0v) is 19.1. The lowest BCUT2D eigenvalue weighted by atomic mass is 10.1. The van der Waals surface area contributed by atoms with Crippen LogP contribution in [0, 0.1) is 19.7 Å². The topological polar surface area (TPSA) is 47.9 Å². The molecule has 5 nitrogen and oxygen atoms in total. The van der Waals surface area contributed by atoms with E-state index in [9.17, 15) is 9.18 Å². The van der Waals surface area contributed by atoms with Crippen molar-refractivity contribution in [1.29, 1.82) is 0 Å². The summed E-state index contributed by atoms with van der Waals surface area (Å²) in [6.45, 7) is 7.74. The van der Waals surface area contributed by atoms with Crippen LogP contribution in [0.1, 0.15) is 27.0 Å². The highest BCUT2D eigenvalue weighted by atomic mass is 19.1. The molecule has 4 rings (SSSR count). The van der Waals surface area contributed by atoms with Gasteiger partial charge in [0.25, 0.3) is 5.91 Å². The van der Waals surface area contributed by atoms with Crippen LogP contribution in [0.4, 0.5) is 10.1 Å². The van der Waals surface area contributed by atoms with Gasteiger partial charge in [-0.05, 0) is 61.4 Å². The third-order valence-electron chi connectivity index (χ3n) is 5.74. The molecule has 1 amide bonds. The molecule has 1 N–H and O–H groups in total. The molecule has 3 aromatic carbocycles. The fourth-order valence-corrected chi connectivity index (χ4v) is 3.89. The first-order valence-electron chi connectivity index (χ1n) is 11.2. The average molecular weight is 445 g/mol. The Morgan fingerprint density at radius 2 is 1.64 bits per heavy atom. The molecule has 1 fully saturated rings. The number of halogens is 1. The average Bonchev–Trinajstić information content (AvgIpc) is 2.80. The molecule has 1 aliphatic rings. The van der Waals surface area contributed by atoms with Crippen LogP contribution in [0.25, 0.3) is 0 Å². The Bertz CT molecular complexity index is 1130. The van der Waals surface area contributed by atoms with E-state index in [0.29, 0.717) is 31.2 Å². The number of aliphatic imine (C=N–C) groups is 1. The summed E-state index contributed by atoms with van der Waals surface area (Å²) in [6, 6.07) is 22.2. The number of hydrogen-bond acceptors (Lipinski definition) is 3. The standard InChI is InChI=1S/C27H29FN4O/c1-20-9-11-23(12-10-20)26(33)30-27(29-25-8-3-5-21(2)17-25)32-15-13-31(14-16-32)19-22-6-4-7-24(28)18-22/h3-12,17-18H,13-16,19H2,1-2H3,(H,29,30,33). The van der Waals surface area contributed by atoms with Crippen molar-refractivity contribution < 1.29 is 9.18 Å². The molecule has 0 saturated carbocycles. The van der Waals surface area contributed by atoms with Gasteiger partial charge in [-0.2, -0.15) is 0 Å². The predicted molar refractivity (Wildman–Crippen MR) is 130 cm³/mol. The van der Waals surface area contributed by atoms with Gasteiger partial charge in [-0.3, -0.25) is 15.0 Å². The number of carbonyl (C=O) groups is 1. The summed E-state index contributed by atoms with van der Waals surface area (Å²) in [5, 5.41) is 3.03. The van der Waals surface area contributed by atoms with Crippen LogP contribution in [-0.4, -0.2) is 47.8 Å². The van der Waals surface area contributed by atoms with E-state index in [0.717, 1.165) is 35.5 Å². The van der Waals surface area contributed by atoms with Crippen molar-refractivity contribution in [2.75, 3.05) is 26.2 Å². The maximum Gasteiger partial charge on any atom is 0.257 e. The zero-order valence-electron chi connectivity index (χ0n) is 19.1. The van der Waals surface area contributed by atoms with Gasteiger partial charge < -0.3 is 4.90 Å². The normalized spacial score (nSPS) is 14.9. The predicted octanol–water partition coefficient (Wildman–Crippen LogP) is 4.68. The molecular formula is C27H29FN4O. The Kier molecular flexibility index (Phi) is 7.15. The van der Waals surface area contributed by atoms with Gasteiger partial charge in [0.1, 0.15) is 5.82 Å². The van der Waals surface area contributed by atoms with Crippen molar-refractivity contribution in [1.82, 2.24) is 15.1 Å².